The van der Waals surface area contributed by atoms with Crippen molar-refractivity contribution in [3.63, 3.8) is 0 Å². The van der Waals surface area contributed by atoms with Crippen LogP contribution >= 0.6 is 0 Å². The van der Waals surface area contributed by atoms with Gasteiger partial charge in [0.25, 0.3) is 0 Å². The number of amides is 2. The quantitative estimate of drug-likeness (QED) is 0.854. The lowest BCUT2D eigenvalue weighted by atomic mass is 10.3. The first-order chi connectivity index (χ1) is 11.1. The normalized spacial score (nSPS) is 10.0. The van der Waals surface area contributed by atoms with Crippen LogP contribution in [-0.4, -0.2) is 29.2 Å². The lowest BCUT2D eigenvalue weighted by Gasteiger charge is -2.12. The third-order valence-corrected chi connectivity index (χ3v) is 2.64. The molecule has 2 N–H and O–H groups in total. The van der Waals surface area contributed by atoms with Crippen LogP contribution in [0.3, 0.4) is 0 Å². The van der Waals surface area contributed by atoms with Crippen molar-refractivity contribution in [2.75, 3.05) is 23.8 Å². The first-order valence-corrected chi connectivity index (χ1v) is 7.08. The molecule has 1 heterocycles. The van der Waals surface area contributed by atoms with Gasteiger partial charge in [-0.15, -0.1) is 0 Å². The molecule has 1 aromatic carbocycles. The van der Waals surface area contributed by atoms with Gasteiger partial charge >= 0.3 is 12.0 Å². The van der Waals surface area contributed by atoms with Crippen LogP contribution in [0.1, 0.15) is 13.8 Å². The smallest absolute Gasteiger partial charge is 0.323 e. The number of ether oxygens (including phenoxy) is 2. The van der Waals surface area contributed by atoms with Crippen LogP contribution in [0.15, 0.2) is 30.5 Å². The highest BCUT2D eigenvalue weighted by Gasteiger charge is 2.12. The maximum absolute atomic E-state index is 12.8. The number of nitrogens with one attached hydrogen (secondary N) is 2. The minimum atomic E-state index is -0.523. The number of hydrogen-bond donors (Lipinski definition) is 2. The van der Waals surface area contributed by atoms with Crippen LogP contribution in [0, 0.1) is 5.82 Å². The van der Waals surface area contributed by atoms with Crippen LogP contribution in [0.2, 0.25) is 0 Å². The Balaban J connectivity index is 2.08. The average Bonchev–Trinajstić information content (AvgIpc) is 2.53. The molecule has 0 aliphatic rings. The number of urea groups is 1. The molecule has 8 heteroatoms. The number of rotatable bonds is 6. The zero-order valence-electron chi connectivity index (χ0n) is 12.8. The van der Waals surface area contributed by atoms with Gasteiger partial charge in [0.1, 0.15) is 11.5 Å². The molecule has 2 aromatic rings. The number of hydrogen-bond acceptors (Lipinski definition) is 5. The fourth-order valence-corrected chi connectivity index (χ4v) is 1.70. The zero-order valence-corrected chi connectivity index (χ0v) is 12.8. The first kappa shape index (κ1) is 16.5. The molecule has 0 fully saturated rings. The van der Waals surface area contributed by atoms with Gasteiger partial charge in [-0.25, -0.2) is 14.2 Å². The highest BCUT2D eigenvalue weighted by Crippen LogP contribution is 2.23. The molecule has 0 bridgehead atoms. The van der Waals surface area contributed by atoms with Crippen molar-refractivity contribution in [3.8, 4) is 11.9 Å². The van der Waals surface area contributed by atoms with E-state index < -0.39 is 6.03 Å². The molecule has 0 aliphatic carbocycles. The molecule has 0 atom stereocenters. The van der Waals surface area contributed by atoms with E-state index in [0.717, 1.165) is 0 Å². The number of nitrogens with zero attached hydrogens (tertiary/aromatic N) is 2. The van der Waals surface area contributed by atoms with Gasteiger partial charge in [0, 0.05) is 5.69 Å². The lowest BCUT2D eigenvalue weighted by molar-refractivity contribution is 0.261. The Morgan fingerprint density at radius 1 is 1.13 bits per heavy atom. The third-order valence-electron chi connectivity index (χ3n) is 2.64. The second kappa shape index (κ2) is 7.92. The summed E-state index contributed by atoms with van der Waals surface area (Å²) in [6.07, 6.45) is 1.40. The Morgan fingerprint density at radius 3 is 2.48 bits per heavy atom. The monoisotopic (exact) mass is 320 g/mol. The molecule has 0 radical (unpaired) electrons. The SMILES string of the molecule is CCOc1ncc(NC(=O)Nc2ccc(F)cc2)c(OCC)n1. The van der Waals surface area contributed by atoms with Crippen molar-refractivity contribution in [1.82, 2.24) is 9.97 Å². The molecule has 7 nitrogen and oxygen atoms in total. The van der Waals surface area contributed by atoms with Gasteiger partial charge < -0.3 is 20.1 Å². The second-order valence-electron chi connectivity index (χ2n) is 4.32. The number of halogens is 1. The van der Waals surface area contributed by atoms with E-state index in [4.69, 9.17) is 9.47 Å². The van der Waals surface area contributed by atoms with E-state index in [0.29, 0.717) is 24.6 Å². The number of anilines is 2. The van der Waals surface area contributed by atoms with E-state index in [2.05, 4.69) is 20.6 Å². The molecular weight excluding hydrogens is 303 g/mol. The summed E-state index contributed by atoms with van der Waals surface area (Å²) in [4.78, 5) is 20.0. The summed E-state index contributed by atoms with van der Waals surface area (Å²) in [5.41, 5.74) is 0.753. The predicted octanol–water partition coefficient (Wildman–Crippen LogP) is 3.06. The van der Waals surface area contributed by atoms with Crippen molar-refractivity contribution in [2.45, 2.75) is 13.8 Å². The summed E-state index contributed by atoms with van der Waals surface area (Å²) in [6, 6.07) is 5.05. The van der Waals surface area contributed by atoms with Gasteiger partial charge in [-0.1, -0.05) is 0 Å². The third kappa shape index (κ3) is 4.80. The molecule has 0 saturated heterocycles. The van der Waals surface area contributed by atoms with Gasteiger partial charge in [-0.2, -0.15) is 4.98 Å². The molecule has 122 valence electrons. The summed E-state index contributed by atoms with van der Waals surface area (Å²) in [5.74, 6) is -0.172. The zero-order chi connectivity index (χ0) is 16.7. The van der Waals surface area contributed by atoms with E-state index in [1.54, 1.807) is 6.92 Å². The number of benzene rings is 1. The number of carbonyl (C=O) groups is 1. The van der Waals surface area contributed by atoms with Gasteiger partial charge in [0.2, 0.25) is 5.88 Å². The standard InChI is InChI=1S/C15H17FN4O3/c1-3-22-13-12(9-17-15(20-13)23-4-2)19-14(21)18-11-7-5-10(16)6-8-11/h5-9H,3-4H2,1-2H3,(H2,18,19,21). The molecule has 0 saturated carbocycles. The Labute approximate surface area is 132 Å². The lowest BCUT2D eigenvalue weighted by Crippen LogP contribution is -2.20. The Bertz CT molecular complexity index is 664. The summed E-state index contributed by atoms with van der Waals surface area (Å²) in [6.45, 7) is 4.40. The van der Waals surface area contributed by atoms with E-state index in [1.807, 2.05) is 6.92 Å². The fourth-order valence-electron chi connectivity index (χ4n) is 1.70. The van der Waals surface area contributed by atoms with Crippen molar-refractivity contribution in [1.29, 1.82) is 0 Å². The molecule has 2 amide bonds. The van der Waals surface area contributed by atoms with Gasteiger partial charge in [0.05, 0.1) is 19.4 Å². The average molecular weight is 320 g/mol. The largest absolute Gasteiger partial charge is 0.476 e. The highest BCUT2D eigenvalue weighted by atomic mass is 19.1. The van der Waals surface area contributed by atoms with Crippen molar-refractivity contribution in [2.24, 2.45) is 0 Å². The number of carbonyl (C=O) groups excluding carboxylic acids is 1. The molecule has 0 unspecified atom stereocenters. The molecule has 0 spiro atoms. The summed E-state index contributed by atoms with van der Waals surface area (Å²) in [5, 5.41) is 5.15. The Hall–Kier alpha value is -2.90. The Kier molecular flexibility index (Phi) is 5.67. The van der Waals surface area contributed by atoms with E-state index >= 15 is 0 Å². The van der Waals surface area contributed by atoms with Crippen LogP contribution in [0.25, 0.3) is 0 Å². The topological polar surface area (TPSA) is 85.4 Å². The molecule has 23 heavy (non-hydrogen) atoms. The molecular formula is C15H17FN4O3. The molecule has 0 aliphatic heterocycles. The van der Waals surface area contributed by atoms with Crippen molar-refractivity contribution < 1.29 is 18.7 Å². The Morgan fingerprint density at radius 2 is 1.83 bits per heavy atom. The van der Waals surface area contributed by atoms with Gasteiger partial charge in [0.15, 0.2) is 0 Å². The van der Waals surface area contributed by atoms with Gasteiger partial charge in [-0.05, 0) is 38.1 Å². The maximum Gasteiger partial charge on any atom is 0.323 e. The van der Waals surface area contributed by atoms with Crippen LogP contribution in [-0.2, 0) is 0 Å². The number of aromatic nitrogens is 2. The molecule has 2 rings (SSSR count). The highest BCUT2D eigenvalue weighted by molar-refractivity contribution is 6.00. The van der Waals surface area contributed by atoms with E-state index in [1.165, 1.54) is 30.5 Å². The summed E-state index contributed by atoms with van der Waals surface area (Å²) >= 11 is 0. The van der Waals surface area contributed by atoms with Crippen LogP contribution in [0.4, 0.5) is 20.6 Å². The minimum absolute atomic E-state index is 0.167. The minimum Gasteiger partial charge on any atom is -0.476 e. The van der Waals surface area contributed by atoms with E-state index in [-0.39, 0.29) is 17.7 Å². The van der Waals surface area contributed by atoms with Crippen LogP contribution < -0.4 is 20.1 Å². The van der Waals surface area contributed by atoms with E-state index in [9.17, 15) is 9.18 Å². The van der Waals surface area contributed by atoms with Crippen LogP contribution in [0.5, 0.6) is 11.9 Å². The summed E-state index contributed by atoms with van der Waals surface area (Å²) in [7, 11) is 0. The predicted molar refractivity (Wildman–Crippen MR) is 83.4 cm³/mol. The molecule has 1 aromatic heterocycles. The fraction of sp³-hybridized carbons (Fsp3) is 0.267. The first-order valence-electron chi connectivity index (χ1n) is 7.08. The second-order valence-corrected chi connectivity index (χ2v) is 4.32. The van der Waals surface area contributed by atoms with Gasteiger partial charge in [-0.3, -0.25) is 0 Å². The van der Waals surface area contributed by atoms with Crippen molar-refractivity contribution >= 4 is 17.4 Å². The summed E-state index contributed by atoms with van der Waals surface area (Å²) < 4.78 is 23.4. The maximum atomic E-state index is 12.8. The van der Waals surface area contributed by atoms with Crippen molar-refractivity contribution in [3.05, 3.63) is 36.3 Å².